The van der Waals surface area contributed by atoms with Crippen LogP contribution in [0.2, 0.25) is 0 Å². The Morgan fingerprint density at radius 1 is 1.15 bits per heavy atom. The second-order valence-corrected chi connectivity index (χ2v) is 3.56. The van der Waals surface area contributed by atoms with Crippen LogP contribution in [0.3, 0.4) is 0 Å². The van der Waals surface area contributed by atoms with Crippen molar-refractivity contribution < 1.29 is 0 Å². The van der Waals surface area contributed by atoms with E-state index in [9.17, 15) is 0 Å². The largest absolute Gasteiger partial charge is 0.326 e. The first-order chi connectivity index (χ1) is 6.40. The van der Waals surface area contributed by atoms with E-state index < -0.39 is 0 Å². The van der Waals surface area contributed by atoms with Crippen molar-refractivity contribution in [1.29, 1.82) is 0 Å². The lowest BCUT2D eigenvalue weighted by Crippen LogP contribution is -1.94. The summed E-state index contributed by atoms with van der Waals surface area (Å²) in [5, 5.41) is 5.17. The molecule has 0 saturated heterocycles. The highest BCUT2D eigenvalue weighted by Gasteiger charge is 1.96. The lowest BCUT2D eigenvalue weighted by Gasteiger charge is -1.99. The first kappa shape index (κ1) is 8.48. The van der Waals surface area contributed by atoms with Crippen LogP contribution in [0.4, 0.5) is 0 Å². The third kappa shape index (κ3) is 1.79. The highest BCUT2D eigenvalue weighted by Crippen LogP contribution is 2.21. The number of benzene rings is 1. The van der Waals surface area contributed by atoms with Crippen molar-refractivity contribution in [3.8, 4) is 11.1 Å². The second kappa shape index (κ2) is 3.73. The van der Waals surface area contributed by atoms with Gasteiger partial charge in [0, 0.05) is 11.9 Å². The summed E-state index contributed by atoms with van der Waals surface area (Å²) in [4.78, 5) is 0. The molecule has 0 aliphatic carbocycles. The smallest absolute Gasteiger partial charge is 0.0449 e. The molecule has 1 nitrogen and oxygen atoms in total. The van der Waals surface area contributed by atoms with Gasteiger partial charge in [-0.15, -0.1) is 11.3 Å². The summed E-state index contributed by atoms with van der Waals surface area (Å²) >= 11 is 1.59. The van der Waals surface area contributed by atoms with Gasteiger partial charge < -0.3 is 5.73 Å². The Labute approximate surface area is 81.8 Å². The van der Waals surface area contributed by atoms with E-state index in [0.29, 0.717) is 6.54 Å². The van der Waals surface area contributed by atoms with Crippen LogP contribution in [0.5, 0.6) is 0 Å². The minimum atomic E-state index is 0.607. The third-order valence-corrected chi connectivity index (χ3v) is 2.62. The molecule has 65 valence electrons. The van der Waals surface area contributed by atoms with Crippen molar-refractivity contribution in [1.82, 2.24) is 0 Å². The van der Waals surface area contributed by atoms with E-state index in [1.165, 1.54) is 16.7 Å². The zero-order chi connectivity index (χ0) is 9.10. The molecule has 0 aliphatic rings. The van der Waals surface area contributed by atoms with Crippen molar-refractivity contribution in [3.63, 3.8) is 0 Å². The van der Waals surface area contributed by atoms with Gasteiger partial charge in [-0.1, -0.05) is 24.3 Å². The van der Waals surface area contributed by atoms with E-state index in [4.69, 9.17) is 5.73 Å². The fraction of sp³-hybridized carbons (Fsp3) is 0.0909. The fourth-order valence-electron chi connectivity index (χ4n) is 1.21. The van der Waals surface area contributed by atoms with Gasteiger partial charge in [0.2, 0.25) is 0 Å². The zero-order valence-electron chi connectivity index (χ0n) is 7.16. The van der Waals surface area contributed by atoms with Crippen molar-refractivity contribution >= 4 is 11.3 Å². The van der Waals surface area contributed by atoms with Crippen LogP contribution in [0.25, 0.3) is 11.1 Å². The fourth-order valence-corrected chi connectivity index (χ4v) is 1.81. The lowest BCUT2D eigenvalue weighted by atomic mass is 10.1. The predicted octanol–water partition coefficient (Wildman–Crippen LogP) is 2.67. The van der Waals surface area contributed by atoms with Gasteiger partial charge in [0.1, 0.15) is 0 Å². The Hall–Kier alpha value is -1.12. The van der Waals surface area contributed by atoms with E-state index in [0.717, 1.165) is 0 Å². The molecule has 0 atom stereocenters. The zero-order valence-corrected chi connectivity index (χ0v) is 7.97. The summed E-state index contributed by atoms with van der Waals surface area (Å²) in [5.41, 5.74) is 9.15. The van der Waals surface area contributed by atoms with Crippen LogP contribution in [-0.2, 0) is 6.54 Å². The molecular weight excluding hydrogens is 178 g/mol. The molecule has 1 aromatic heterocycles. The Kier molecular flexibility index (Phi) is 2.43. The molecule has 0 bridgehead atoms. The van der Waals surface area contributed by atoms with Crippen LogP contribution < -0.4 is 5.73 Å². The van der Waals surface area contributed by atoms with Gasteiger partial charge in [-0.2, -0.15) is 0 Å². The first-order valence-corrected chi connectivity index (χ1v) is 5.02. The second-order valence-electron chi connectivity index (χ2n) is 2.85. The molecular formula is C11H10NS. The van der Waals surface area contributed by atoms with Crippen LogP contribution in [-0.4, -0.2) is 0 Å². The molecule has 0 saturated carbocycles. The summed E-state index contributed by atoms with van der Waals surface area (Å²) in [6, 6.07) is 10.3. The van der Waals surface area contributed by atoms with Gasteiger partial charge in [-0.25, -0.2) is 0 Å². The van der Waals surface area contributed by atoms with Crippen molar-refractivity contribution in [2.24, 2.45) is 5.73 Å². The normalized spacial score (nSPS) is 10.2. The molecule has 2 N–H and O–H groups in total. The lowest BCUT2D eigenvalue weighted by molar-refractivity contribution is 1.07. The number of hydrogen-bond donors (Lipinski definition) is 1. The monoisotopic (exact) mass is 188 g/mol. The highest BCUT2D eigenvalue weighted by atomic mass is 32.1. The van der Waals surface area contributed by atoms with E-state index in [-0.39, 0.29) is 0 Å². The summed E-state index contributed by atoms with van der Waals surface area (Å²) in [5.74, 6) is 0. The van der Waals surface area contributed by atoms with E-state index in [1.807, 2.05) is 6.07 Å². The standard InChI is InChI=1S/C11H10NS/c12-7-9-1-3-10(4-2-9)11-5-6-13-8-11/h1-5,8H,7,12H2. The molecule has 0 fully saturated rings. The number of nitrogens with two attached hydrogens (primary N) is 1. The van der Waals surface area contributed by atoms with E-state index in [1.54, 1.807) is 11.3 Å². The van der Waals surface area contributed by atoms with Gasteiger partial charge in [0.05, 0.1) is 0 Å². The van der Waals surface area contributed by atoms with Gasteiger partial charge >= 0.3 is 0 Å². The van der Waals surface area contributed by atoms with Crippen molar-refractivity contribution in [2.75, 3.05) is 0 Å². The molecule has 1 heterocycles. The average Bonchev–Trinajstić information content (AvgIpc) is 2.71. The SMILES string of the molecule is NCc1ccc(-c2c[c]sc2)cc1. The predicted molar refractivity (Wildman–Crippen MR) is 56.5 cm³/mol. The van der Waals surface area contributed by atoms with Gasteiger partial charge in [-0.05, 0) is 28.1 Å². The van der Waals surface area contributed by atoms with Crippen LogP contribution >= 0.6 is 11.3 Å². The van der Waals surface area contributed by atoms with Gasteiger partial charge in [-0.3, -0.25) is 0 Å². The molecule has 0 aliphatic heterocycles. The van der Waals surface area contributed by atoms with E-state index >= 15 is 0 Å². The Morgan fingerprint density at radius 2 is 1.92 bits per heavy atom. The van der Waals surface area contributed by atoms with E-state index in [2.05, 4.69) is 35.0 Å². The maximum absolute atomic E-state index is 5.51. The summed E-state index contributed by atoms with van der Waals surface area (Å²) in [6.45, 7) is 0.607. The molecule has 0 unspecified atom stereocenters. The summed E-state index contributed by atoms with van der Waals surface area (Å²) in [7, 11) is 0. The molecule has 0 spiro atoms. The summed E-state index contributed by atoms with van der Waals surface area (Å²) < 4.78 is 0. The Balaban J connectivity index is 2.33. The van der Waals surface area contributed by atoms with Crippen LogP contribution in [0.15, 0.2) is 35.7 Å². The minimum absolute atomic E-state index is 0.607. The Bertz CT molecular complexity index is 361. The molecule has 0 amide bonds. The van der Waals surface area contributed by atoms with Crippen LogP contribution in [0.1, 0.15) is 5.56 Å². The Morgan fingerprint density at radius 3 is 2.46 bits per heavy atom. The maximum Gasteiger partial charge on any atom is 0.0449 e. The molecule has 1 aromatic carbocycles. The number of thiophene rings is 1. The highest BCUT2D eigenvalue weighted by molar-refractivity contribution is 7.07. The molecule has 13 heavy (non-hydrogen) atoms. The third-order valence-electron chi connectivity index (χ3n) is 1.99. The minimum Gasteiger partial charge on any atom is -0.326 e. The molecule has 1 radical (unpaired) electrons. The van der Waals surface area contributed by atoms with Gasteiger partial charge in [0.15, 0.2) is 0 Å². The summed E-state index contributed by atoms with van der Waals surface area (Å²) in [6.07, 6.45) is 0. The average molecular weight is 188 g/mol. The van der Waals surface area contributed by atoms with Gasteiger partial charge in [0.25, 0.3) is 0 Å². The number of hydrogen-bond acceptors (Lipinski definition) is 2. The quantitative estimate of drug-likeness (QED) is 0.770. The maximum atomic E-state index is 5.51. The first-order valence-electron chi connectivity index (χ1n) is 4.14. The van der Waals surface area contributed by atoms with Crippen molar-refractivity contribution in [3.05, 3.63) is 46.7 Å². The van der Waals surface area contributed by atoms with Crippen molar-refractivity contribution in [2.45, 2.75) is 6.54 Å². The molecule has 2 rings (SSSR count). The molecule has 2 aromatic rings. The number of rotatable bonds is 2. The van der Waals surface area contributed by atoms with Crippen LogP contribution in [0, 0.1) is 5.38 Å². The molecule has 2 heteroatoms. The topological polar surface area (TPSA) is 26.0 Å².